The van der Waals surface area contributed by atoms with Crippen molar-refractivity contribution in [2.45, 2.75) is 31.8 Å². The van der Waals surface area contributed by atoms with Gasteiger partial charge in [-0.15, -0.1) is 0 Å². The average molecular weight is 276 g/mol. The summed E-state index contributed by atoms with van der Waals surface area (Å²) >= 11 is 0. The number of nitrogens with two attached hydrogens (primary N) is 1. The molecule has 1 aliphatic rings. The number of carbonyl (C=O) groups excluding carboxylic acids is 1. The van der Waals surface area contributed by atoms with Crippen molar-refractivity contribution in [1.82, 2.24) is 4.90 Å². The molecule has 0 saturated carbocycles. The van der Waals surface area contributed by atoms with Crippen LogP contribution < -0.4 is 5.73 Å². The minimum atomic E-state index is -0.452. The van der Waals surface area contributed by atoms with Crippen molar-refractivity contribution in [3.8, 4) is 0 Å². The zero-order valence-corrected chi connectivity index (χ0v) is 12.2. The molecule has 4 nitrogen and oxygen atoms in total. The van der Waals surface area contributed by atoms with Crippen molar-refractivity contribution in [3.63, 3.8) is 0 Å². The van der Waals surface area contributed by atoms with Crippen LogP contribution in [-0.2, 0) is 15.1 Å². The summed E-state index contributed by atoms with van der Waals surface area (Å²) in [4.78, 5) is 13.9. The molecule has 0 aliphatic carbocycles. The van der Waals surface area contributed by atoms with Gasteiger partial charge in [0, 0.05) is 32.9 Å². The van der Waals surface area contributed by atoms with Gasteiger partial charge in [0.1, 0.15) is 5.60 Å². The zero-order chi connectivity index (χ0) is 14.4. The van der Waals surface area contributed by atoms with Crippen LogP contribution >= 0.6 is 0 Å². The number of hydrogen-bond acceptors (Lipinski definition) is 4. The van der Waals surface area contributed by atoms with Crippen LogP contribution in [-0.4, -0.2) is 37.0 Å². The molecule has 20 heavy (non-hydrogen) atoms. The van der Waals surface area contributed by atoms with Gasteiger partial charge in [-0.2, -0.15) is 0 Å². The van der Waals surface area contributed by atoms with E-state index in [1.165, 1.54) is 6.92 Å². The number of benzene rings is 1. The summed E-state index contributed by atoms with van der Waals surface area (Å²) in [5.74, 6) is -0.204. The van der Waals surface area contributed by atoms with Crippen LogP contribution in [0.1, 0.15) is 31.7 Å². The first kappa shape index (κ1) is 15.0. The fraction of sp³-hybridized carbons (Fsp3) is 0.562. The summed E-state index contributed by atoms with van der Waals surface area (Å²) in [6, 6.07) is 10.1. The summed E-state index contributed by atoms with van der Waals surface area (Å²) in [7, 11) is 0. The maximum absolute atomic E-state index is 11.5. The molecule has 110 valence electrons. The molecular weight excluding hydrogens is 252 g/mol. The molecule has 0 radical (unpaired) electrons. The highest BCUT2D eigenvalue weighted by Crippen LogP contribution is 2.36. The Kier molecular flexibility index (Phi) is 5.15. The normalized spacial score (nSPS) is 18.7. The summed E-state index contributed by atoms with van der Waals surface area (Å²) in [6.45, 7) is 5.14. The molecule has 1 aliphatic heterocycles. The summed E-state index contributed by atoms with van der Waals surface area (Å²) in [5.41, 5.74) is 6.21. The summed E-state index contributed by atoms with van der Waals surface area (Å²) < 4.78 is 5.73. The highest BCUT2D eigenvalue weighted by atomic mass is 16.6. The number of piperidine rings is 1. The standard InChI is InChI=1S/C16H24N2O2/c1-14(19)20-16(15-6-3-2-4-7-15)8-12-18(13-9-16)11-5-10-17/h2-4,6-7H,5,8-13,17H2,1H3. The molecule has 2 N–H and O–H groups in total. The lowest BCUT2D eigenvalue weighted by molar-refractivity contribution is -0.164. The van der Waals surface area contributed by atoms with Gasteiger partial charge in [0.25, 0.3) is 0 Å². The third-order valence-corrected chi connectivity index (χ3v) is 3.98. The molecule has 1 aromatic rings. The predicted octanol–water partition coefficient (Wildman–Crippen LogP) is 1.89. The topological polar surface area (TPSA) is 55.6 Å². The lowest BCUT2D eigenvalue weighted by Gasteiger charge is -2.41. The van der Waals surface area contributed by atoms with E-state index in [1.807, 2.05) is 18.2 Å². The van der Waals surface area contributed by atoms with Gasteiger partial charge in [-0.05, 0) is 25.1 Å². The SMILES string of the molecule is CC(=O)OC1(c2ccccc2)CCN(CCCN)CC1. The number of likely N-dealkylation sites (tertiary alicyclic amines) is 1. The average Bonchev–Trinajstić information content (AvgIpc) is 2.47. The molecule has 0 atom stereocenters. The van der Waals surface area contributed by atoms with Gasteiger partial charge in [0.05, 0.1) is 0 Å². The molecule has 1 fully saturated rings. The molecular formula is C16H24N2O2. The number of rotatable bonds is 5. The molecule has 0 aromatic heterocycles. The van der Waals surface area contributed by atoms with Crippen molar-refractivity contribution >= 4 is 5.97 Å². The maximum Gasteiger partial charge on any atom is 0.303 e. The van der Waals surface area contributed by atoms with Gasteiger partial charge in [-0.1, -0.05) is 30.3 Å². The van der Waals surface area contributed by atoms with Crippen LogP contribution in [0.15, 0.2) is 30.3 Å². The van der Waals surface area contributed by atoms with E-state index < -0.39 is 5.60 Å². The van der Waals surface area contributed by atoms with Crippen LogP contribution in [0.2, 0.25) is 0 Å². The van der Waals surface area contributed by atoms with Gasteiger partial charge < -0.3 is 15.4 Å². The van der Waals surface area contributed by atoms with Crippen molar-refractivity contribution < 1.29 is 9.53 Å². The molecule has 0 unspecified atom stereocenters. The van der Waals surface area contributed by atoms with Crippen LogP contribution in [0.5, 0.6) is 0 Å². The first-order valence-corrected chi connectivity index (χ1v) is 7.34. The smallest absolute Gasteiger partial charge is 0.303 e. The Morgan fingerprint density at radius 3 is 2.50 bits per heavy atom. The second-order valence-electron chi connectivity index (χ2n) is 5.44. The van der Waals surface area contributed by atoms with Gasteiger partial charge >= 0.3 is 5.97 Å². The van der Waals surface area contributed by atoms with Crippen LogP contribution in [0.4, 0.5) is 0 Å². The highest BCUT2D eigenvalue weighted by Gasteiger charge is 2.38. The Morgan fingerprint density at radius 1 is 1.30 bits per heavy atom. The fourth-order valence-corrected chi connectivity index (χ4v) is 2.92. The lowest BCUT2D eigenvalue weighted by atomic mass is 9.84. The third-order valence-electron chi connectivity index (χ3n) is 3.98. The van der Waals surface area contributed by atoms with Gasteiger partial charge in [0.15, 0.2) is 0 Å². The molecule has 0 amide bonds. The van der Waals surface area contributed by atoms with E-state index in [0.717, 1.165) is 51.0 Å². The fourth-order valence-electron chi connectivity index (χ4n) is 2.92. The first-order valence-electron chi connectivity index (χ1n) is 7.34. The van der Waals surface area contributed by atoms with Crippen LogP contribution in [0.25, 0.3) is 0 Å². The molecule has 1 aromatic carbocycles. The van der Waals surface area contributed by atoms with Crippen LogP contribution in [0.3, 0.4) is 0 Å². The second kappa shape index (κ2) is 6.86. The summed E-state index contributed by atoms with van der Waals surface area (Å²) in [6.07, 6.45) is 2.72. The number of ether oxygens (including phenoxy) is 1. The van der Waals surface area contributed by atoms with E-state index in [-0.39, 0.29) is 5.97 Å². The Morgan fingerprint density at radius 2 is 1.95 bits per heavy atom. The quantitative estimate of drug-likeness (QED) is 0.834. The number of hydrogen-bond donors (Lipinski definition) is 1. The van der Waals surface area contributed by atoms with E-state index in [4.69, 9.17) is 10.5 Å². The Labute approximate surface area is 120 Å². The van der Waals surface area contributed by atoms with Crippen molar-refractivity contribution in [2.75, 3.05) is 26.2 Å². The number of nitrogens with zero attached hydrogens (tertiary/aromatic N) is 1. The highest BCUT2D eigenvalue weighted by molar-refractivity contribution is 5.67. The maximum atomic E-state index is 11.5. The van der Waals surface area contributed by atoms with E-state index in [9.17, 15) is 4.79 Å². The van der Waals surface area contributed by atoms with Crippen LogP contribution in [0, 0.1) is 0 Å². The van der Waals surface area contributed by atoms with E-state index in [1.54, 1.807) is 0 Å². The Hall–Kier alpha value is -1.39. The Bertz CT molecular complexity index is 425. The van der Waals surface area contributed by atoms with Gasteiger partial charge in [-0.3, -0.25) is 4.79 Å². The van der Waals surface area contributed by atoms with E-state index >= 15 is 0 Å². The van der Waals surface area contributed by atoms with Crippen molar-refractivity contribution in [1.29, 1.82) is 0 Å². The van der Waals surface area contributed by atoms with Crippen molar-refractivity contribution in [3.05, 3.63) is 35.9 Å². The molecule has 0 bridgehead atoms. The largest absolute Gasteiger partial charge is 0.454 e. The Balaban J connectivity index is 2.09. The molecule has 4 heteroatoms. The zero-order valence-electron chi connectivity index (χ0n) is 12.2. The minimum Gasteiger partial charge on any atom is -0.454 e. The predicted molar refractivity (Wildman–Crippen MR) is 79.2 cm³/mol. The monoisotopic (exact) mass is 276 g/mol. The first-order chi connectivity index (χ1) is 9.66. The van der Waals surface area contributed by atoms with Gasteiger partial charge in [-0.25, -0.2) is 0 Å². The molecule has 1 heterocycles. The molecule has 2 rings (SSSR count). The second-order valence-corrected chi connectivity index (χ2v) is 5.44. The van der Waals surface area contributed by atoms with Gasteiger partial charge in [0.2, 0.25) is 0 Å². The lowest BCUT2D eigenvalue weighted by Crippen LogP contribution is -2.45. The number of esters is 1. The summed E-state index contributed by atoms with van der Waals surface area (Å²) in [5, 5.41) is 0. The molecule has 1 saturated heterocycles. The number of carbonyl (C=O) groups is 1. The van der Waals surface area contributed by atoms with E-state index in [0.29, 0.717) is 0 Å². The third kappa shape index (κ3) is 3.58. The minimum absolute atomic E-state index is 0.204. The van der Waals surface area contributed by atoms with E-state index in [2.05, 4.69) is 17.0 Å². The molecule has 0 spiro atoms. The van der Waals surface area contributed by atoms with Crippen molar-refractivity contribution in [2.24, 2.45) is 5.73 Å².